The number of hydrogen-bond donors (Lipinski definition) is 0. The molecule has 14 rings (SSSR count). The molecule has 0 atom stereocenters. The van der Waals surface area contributed by atoms with Gasteiger partial charge in [0.25, 0.3) is 0 Å². The molecule has 0 amide bonds. The van der Waals surface area contributed by atoms with Gasteiger partial charge in [0.05, 0.1) is 16.8 Å². The number of benzene rings is 11. The maximum Gasteiger partial charge on any atom is 0.178 e. The van der Waals surface area contributed by atoms with Crippen LogP contribution >= 0.6 is 0 Å². The lowest BCUT2D eigenvalue weighted by Crippen LogP contribution is -2.28. The molecular formula is C66H41NO2. The Hall–Kier alpha value is -9.05. The van der Waals surface area contributed by atoms with E-state index in [1.165, 1.54) is 54.6 Å². The Balaban J connectivity index is 0.905. The summed E-state index contributed by atoms with van der Waals surface area (Å²) in [6.07, 6.45) is 0. The Labute approximate surface area is 400 Å². The van der Waals surface area contributed by atoms with E-state index < -0.39 is 5.41 Å². The third-order valence-electron chi connectivity index (χ3n) is 14.4. The summed E-state index contributed by atoms with van der Waals surface area (Å²) in [5.74, 6) is 2.77. The SMILES string of the molecule is c1ccc(-c2cc(-c3ccc4c5ccccc5c5ccccc5c4c3)nc(-c3ccccc3-c3ccc4c(c3)Oc3c(ccc5c3-c3ccccc3C5(c3ccccc3)c3ccccc3)O4)c2)cc1. The fourth-order valence-electron chi connectivity index (χ4n) is 11.4. The highest BCUT2D eigenvalue weighted by molar-refractivity contribution is 6.25. The van der Waals surface area contributed by atoms with Gasteiger partial charge in [-0.05, 0) is 119 Å². The molecule has 12 aromatic rings. The lowest BCUT2D eigenvalue weighted by Gasteiger charge is -2.34. The van der Waals surface area contributed by atoms with Gasteiger partial charge in [-0.25, -0.2) is 4.98 Å². The fourth-order valence-corrected chi connectivity index (χ4v) is 11.4. The predicted octanol–water partition coefficient (Wildman–Crippen LogP) is 17.5. The van der Waals surface area contributed by atoms with Gasteiger partial charge in [0, 0.05) is 16.7 Å². The van der Waals surface area contributed by atoms with E-state index in [0.29, 0.717) is 17.2 Å². The second kappa shape index (κ2) is 15.5. The van der Waals surface area contributed by atoms with Crippen LogP contribution in [0.1, 0.15) is 22.3 Å². The molecule has 0 fully saturated rings. The van der Waals surface area contributed by atoms with Gasteiger partial charge in [-0.15, -0.1) is 0 Å². The van der Waals surface area contributed by atoms with Crippen LogP contribution in [0.4, 0.5) is 0 Å². The maximum atomic E-state index is 7.16. The summed E-state index contributed by atoms with van der Waals surface area (Å²) in [5.41, 5.74) is 14.6. The smallest absolute Gasteiger partial charge is 0.178 e. The average Bonchev–Trinajstić information content (AvgIpc) is 3.74. The van der Waals surface area contributed by atoms with E-state index in [4.69, 9.17) is 14.5 Å². The van der Waals surface area contributed by atoms with Gasteiger partial charge in [-0.2, -0.15) is 0 Å². The molecule has 0 N–H and O–H groups in total. The normalized spacial score (nSPS) is 13.0. The molecule has 1 aliphatic carbocycles. The number of ether oxygens (including phenoxy) is 2. The summed E-state index contributed by atoms with van der Waals surface area (Å²) in [4.78, 5) is 5.52. The molecule has 0 bridgehead atoms. The van der Waals surface area contributed by atoms with E-state index in [-0.39, 0.29) is 0 Å². The van der Waals surface area contributed by atoms with Crippen LogP contribution in [-0.2, 0) is 5.41 Å². The molecule has 322 valence electrons. The Morgan fingerprint density at radius 2 is 0.826 bits per heavy atom. The van der Waals surface area contributed by atoms with Crippen LogP contribution in [0.15, 0.2) is 249 Å². The minimum Gasteiger partial charge on any atom is -0.449 e. The van der Waals surface area contributed by atoms with Crippen LogP contribution in [0.5, 0.6) is 23.0 Å². The fraction of sp³-hybridized carbons (Fsp3) is 0.0152. The number of aromatic nitrogens is 1. The summed E-state index contributed by atoms with van der Waals surface area (Å²) in [7, 11) is 0. The minimum absolute atomic E-state index is 0.553. The van der Waals surface area contributed by atoms with Crippen LogP contribution < -0.4 is 9.47 Å². The number of rotatable bonds is 6. The van der Waals surface area contributed by atoms with Gasteiger partial charge >= 0.3 is 0 Å². The molecule has 11 aromatic carbocycles. The van der Waals surface area contributed by atoms with Gasteiger partial charge in [-0.1, -0.05) is 212 Å². The first-order valence-corrected chi connectivity index (χ1v) is 23.6. The van der Waals surface area contributed by atoms with Gasteiger partial charge in [0.1, 0.15) is 0 Å². The zero-order chi connectivity index (χ0) is 45.5. The molecule has 0 unspecified atom stereocenters. The second-order valence-corrected chi connectivity index (χ2v) is 18.1. The Morgan fingerprint density at radius 3 is 1.52 bits per heavy atom. The number of pyridine rings is 1. The third-order valence-corrected chi connectivity index (χ3v) is 14.4. The summed E-state index contributed by atoms with van der Waals surface area (Å²) < 4.78 is 13.9. The van der Waals surface area contributed by atoms with E-state index in [1.807, 2.05) is 6.07 Å². The van der Waals surface area contributed by atoms with Crippen molar-refractivity contribution >= 4 is 32.3 Å². The molecule has 1 aromatic heterocycles. The number of fused-ring (bicyclic) bond motifs is 12. The van der Waals surface area contributed by atoms with Crippen molar-refractivity contribution in [2.24, 2.45) is 0 Å². The Bertz CT molecular complexity index is 3940. The average molecular weight is 880 g/mol. The Kier molecular flexibility index (Phi) is 8.80. The van der Waals surface area contributed by atoms with Crippen molar-refractivity contribution in [3.05, 3.63) is 271 Å². The van der Waals surface area contributed by atoms with Crippen molar-refractivity contribution in [2.45, 2.75) is 5.41 Å². The summed E-state index contributed by atoms with van der Waals surface area (Å²) in [6, 6.07) is 89.0. The summed E-state index contributed by atoms with van der Waals surface area (Å²) >= 11 is 0. The monoisotopic (exact) mass is 879 g/mol. The van der Waals surface area contributed by atoms with Crippen LogP contribution in [0.3, 0.4) is 0 Å². The molecular weight excluding hydrogens is 839 g/mol. The van der Waals surface area contributed by atoms with E-state index in [1.54, 1.807) is 0 Å². The molecule has 0 saturated heterocycles. The first kappa shape index (κ1) is 39.1. The molecule has 3 heteroatoms. The maximum absolute atomic E-state index is 7.16. The van der Waals surface area contributed by atoms with Gasteiger partial charge < -0.3 is 9.47 Å². The highest BCUT2D eigenvalue weighted by Crippen LogP contribution is 2.62. The van der Waals surface area contributed by atoms with Crippen molar-refractivity contribution in [3.8, 4) is 78.9 Å². The summed E-state index contributed by atoms with van der Waals surface area (Å²) in [5, 5.41) is 7.46. The molecule has 2 aliphatic rings. The molecule has 1 aliphatic heterocycles. The van der Waals surface area contributed by atoms with Crippen molar-refractivity contribution in [1.82, 2.24) is 4.98 Å². The first-order valence-electron chi connectivity index (χ1n) is 23.6. The standard InChI is InChI=1S/C66H41NO2/c1-4-18-42(19-5-1)45-39-59(44-32-34-53-51-27-12-11-25-49(51)50-26-13-14-28-52(50)56(53)38-44)67-60(40-45)54-29-15-10-24-48(54)43-33-36-61-63(41-43)69-65-62(68-61)37-35-58-64(65)55-30-16-17-31-57(55)66(58,46-20-6-2-7-21-46)47-22-8-3-9-23-47/h1-41H. The lowest BCUT2D eigenvalue weighted by molar-refractivity contribution is 0.360. The molecule has 2 heterocycles. The highest BCUT2D eigenvalue weighted by Gasteiger charge is 2.48. The summed E-state index contributed by atoms with van der Waals surface area (Å²) in [6.45, 7) is 0. The van der Waals surface area contributed by atoms with Gasteiger partial charge in [0.15, 0.2) is 23.0 Å². The molecule has 0 spiro atoms. The largest absolute Gasteiger partial charge is 0.449 e. The highest BCUT2D eigenvalue weighted by atomic mass is 16.6. The van der Waals surface area contributed by atoms with Crippen molar-refractivity contribution in [1.29, 1.82) is 0 Å². The predicted molar refractivity (Wildman–Crippen MR) is 282 cm³/mol. The van der Waals surface area contributed by atoms with Crippen LogP contribution in [0, 0.1) is 0 Å². The molecule has 3 nitrogen and oxygen atoms in total. The quantitative estimate of drug-likeness (QED) is 0.156. The van der Waals surface area contributed by atoms with Crippen LogP contribution in [-0.4, -0.2) is 4.98 Å². The zero-order valence-electron chi connectivity index (χ0n) is 37.4. The number of hydrogen-bond acceptors (Lipinski definition) is 3. The molecule has 69 heavy (non-hydrogen) atoms. The van der Waals surface area contributed by atoms with Gasteiger partial charge in [-0.3, -0.25) is 0 Å². The number of nitrogens with zero attached hydrogens (tertiary/aromatic N) is 1. The van der Waals surface area contributed by atoms with Crippen LogP contribution in [0.2, 0.25) is 0 Å². The van der Waals surface area contributed by atoms with Crippen molar-refractivity contribution < 1.29 is 9.47 Å². The zero-order valence-corrected chi connectivity index (χ0v) is 37.4. The van der Waals surface area contributed by atoms with Gasteiger partial charge in [0.2, 0.25) is 0 Å². The van der Waals surface area contributed by atoms with E-state index in [9.17, 15) is 0 Å². The first-order chi connectivity index (χ1) is 34.2. The topological polar surface area (TPSA) is 31.4 Å². The lowest BCUT2D eigenvalue weighted by atomic mass is 9.68. The minimum atomic E-state index is -0.553. The van der Waals surface area contributed by atoms with Crippen molar-refractivity contribution in [2.75, 3.05) is 0 Å². The second-order valence-electron chi connectivity index (χ2n) is 18.1. The molecule has 0 saturated carbocycles. The van der Waals surface area contributed by atoms with Crippen molar-refractivity contribution in [3.63, 3.8) is 0 Å². The van der Waals surface area contributed by atoms with E-state index in [2.05, 4.69) is 243 Å². The molecule has 0 radical (unpaired) electrons. The third kappa shape index (κ3) is 6.04. The van der Waals surface area contributed by atoms with Crippen LogP contribution in [0.25, 0.3) is 88.2 Å². The Morgan fingerprint density at radius 1 is 0.290 bits per heavy atom. The van der Waals surface area contributed by atoms with E-state index in [0.717, 1.165) is 61.6 Å². The van der Waals surface area contributed by atoms with E-state index >= 15 is 0 Å².